The van der Waals surface area contributed by atoms with E-state index in [9.17, 15) is 14.4 Å². The Kier molecular flexibility index (Phi) is 6.06. The Bertz CT molecular complexity index is 784. The van der Waals surface area contributed by atoms with Crippen LogP contribution in [-0.4, -0.2) is 30.3 Å². The van der Waals surface area contributed by atoms with Crippen molar-refractivity contribution in [3.8, 4) is 0 Å². The van der Waals surface area contributed by atoms with E-state index in [2.05, 4.69) is 5.32 Å². The predicted molar refractivity (Wildman–Crippen MR) is 94.6 cm³/mol. The number of rotatable bonds is 6. The summed E-state index contributed by atoms with van der Waals surface area (Å²) in [6.07, 6.45) is 0. The Morgan fingerprint density at radius 3 is 2.36 bits per heavy atom. The average Bonchev–Trinajstić information content (AvgIpc) is 2.60. The van der Waals surface area contributed by atoms with Gasteiger partial charge in [-0.3, -0.25) is 9.59 Å². The van der Waals surface area contributed by atoms with Gasteiger partial charge in [-0.1, -0.05) is 42.0 Å². The van der Waals surface area contributed by atoms with E-state index in [0.717, 1.165) is 11.1 Å². The molecule has 5 heteroatoms. The van der Waals surface area contributed by atoms with Gasteiger partial charge in [0.1, 0.15) is 6.04 Å². The molecule has 1 atom stereocenters. The molecule has 0 aliphatic heterocycles. The van der Waals surface area contributed by atoms with Gasteiger partial charge in [0.25, 0.3) is 5.91 Å². The van der Waals surface area contributed by atoms with Crippen LogP contribution in [0, 0.1) is 13.8 Å². The summed E-state index contributed by atoms with van der Waals surface area (Å²) in [5, 5.41) is 2.55. The van der Waals surface area contributed by atoms with E-state index in [1.54, 1.807) is 36.4 Å². The summed E-state index contributed by atoms with van der Waals surface area (Å²) in [5.74, 6) is -1.29. The lowest BCUT2D eigenvalue weighted by molar-refractivity contribution is -0.144. The molecule has 0 bridgehead atoms. The van der Waals surface area contributed by atoms with Gasteiger partial charge in [0, 0.05) is 11.1 Å². The molecular weight excluding hydrogens is 318 g/mol. The molecule has 0 spiro atoms. The molecule has 0 unspecified atom stereocenters. The second-order valence-electron chi connectivity index (χ2n) is 5.91. The molecule has 0 saturated heterocycles. The minimum absolute atomic E-state index is 0.271. The van der Waals surface area contributed by atoms with E-state index in [0.29, 0.717) is 11.1 Å². The fourth-order valence-corrected chi connectivity index (χ4v) is 2.39. The summed E-state index contributed by atoms with van der Waals surface area (Å²) < 4.78 is 5.04. The van der Waals surface area contributed by atoms with Crippen LogP contribution in [0.4, 0.5) is 0 Å². The number of aryl methyl sites for hydroxylation is 2. The molecule has 0 fully saturated rings. The standard InChI is InChI=1S/C20H21NO4/c1-13-9-10-17(14(2)11-13)18(22)12-25-20(24)15(3)21-19(23)16-7-5-4-6-8-16/h4-11,15H,12H2,1-3H3,(H,21,23)/t15-/m0/s1. The lowest BCUT2D eigenvalue weighted by Crippen LogP contribution is -2.40. The third kappa shape index (κ3) is 5.01. The molecule has 2 aromatic carbocycles. The van der Waals surface area contributed by atoms with E-state index >= 15 is 0 Å². The lowest BCUT2D eigenvalue weighted by Gasteiger charge is -2.13. The Balaban J connectivity index is 1.88. The van der Waals surface area contributed by atoms with Crippen LogP contribution in [-0.2, 0) is 9.53 Å². The van der Waals surface area contributed by atoms with E-state index in [4.69, 9.17) is 4.74 Å². The number of carbonyl (C=O) groups excluding carboxylic acids is 3. The maximum absolute atomic E-state index is 12.2. The van der Waals surface area contributed by atoms with Gasteiger partial charge in [-0.2, -0.15) is 0 Å². The third-order valence-electron chi connectivity index (χ3n) is 3.76. The highest BCUT2D eigenvalue weighted by molar-refractivity contribution is 6.00. The monoisotopic (exact) mass is 339 g/mol. The van der Waals surface area contributed by atoms with E-state index in [1.165, 1.54) is 6.92 Å². The van der Waals surface area contributed by atoms with E-state index < -0.39 is 12.0 Å². The number of nitrogens with one attached hydrogen (secondary N) is 1. The van der Waals surface area contributed by atoms with Crippen molar-refractivity contribution in [1.29, 1.82) is 0 Å². The quantitative estimate of drug-likeness (QED) is 0.649. The first-order valence-corrected chi connectivity index (χ1v) is 8.01. The van der Waals surface area contributed by atoms with Crippen LogP contribution in [0.25, 0.3) is 0 Å². The average molecular weight is 339 g/mol. The van der Waals surface area contributed by atoms with Gasteiger partial charge in [-0.25, -0.2) is 4.79 Å². The van der Waals surface area contributed by atoms with Crippen LogP contribution in [0.2, 0.25) is 0 Å². The molecule has 0 saturated carbocycles. The SMILES string of the molecule is Cc1ccc(C(=O)COC(=O)[C@H](C)NC(=O)c2ccccc2)c(C)c1. The fraction of sp³-hybridized carbons (Fsp3) is 0.250. The number of hydrogen-bond acceptors (Lipinski definition) is 4. The summed E-state index contributed by atoms with van der Waals surface area (Å²) in [6, 6.07) is 13.2. The van der Waals surface area contributed by atoms with Crippen LogP contribution in [0.15, 0.2) is 48.5 Å². The van der Waals surface area contributed by atoms with Crippen molar-refractivity contribution in [2.75, 3.05) is 6.61 Å². The third-order valence-corrected chi connectivity index (χ3v) is 3.76. The van der Waals surface area contributed by atoms with Crippen LogP contribution < -0.4 is 5.32 Å². The molecule has 0 aromatic heterocycles. The highest BCUT2D eigenvalue weighted by Crippen LogP contribution is 2.11. The van der Waals surface area contributed by atoms with Crippen LogP contribution in [0.3, 0.4) is 0 Å². The number of ether oxygens (including phenoxy) is 1. The van der Waals surface area contributed by atoms with Crippen molar-refractivity contribution in [2.24, 2.45) is 0 Å². The van der Waals surface area contributed by atoms with Crippen molar-refractivity contribution in [2.45, 2.75) is 26.8 Å². The number of carbonyl (C=O) groups is 3. The summed E-state index contributed by atoms with van der Waals surface area (Å²) in [4.78, 5) is 36.2. The molecule has 2 rings (SSSR count). The van der Waals surface area contributed by atoms with Gasteiger partial charge in [0.2, 0.25) is 5.78 Å². The summed E-state index contributed by atoms with van der Waals surface area (Å²) in [6.45, 7) is 4.95. The molecule has 0 heterocycles. The van der Waals surface area contributed by atoms with Crippen molar-refractivity contribution >= 4 is 17.7 Å². The van der Waals surface area contributed by atoms with Gasteiger partial charge in [0.05, 0.1) is 0 Å². The topological polar surface area (TPSA) is 72.5 Å². The van der Waals surface area contributed by atoms with Gasteiger partial charge in [-0.15, -0.1) is 0 Å². The molecule has 130 valence electrons. The summed E-state index contributed by atoms with van der Waals surface area (Å²) >= 11 is 0. The van der Waals surface area contributed by atoms with Gasteiger partial charge >= 0.3 is 5.97 Å². The number of esters is 1. The Morgan fingerprint density at radius 2 is 1.72 bits per heavy atom. The van der Waals surface area contributed by atoms with Gasteiger partial charge < -0.3 is 10.1 Å². The van der Waals surface area contributed by atoms with Crippen molar-refractivity contribution in [1.82, 2.24) is 5.32 Å². The first-order chi connectivity index (χ1) is 11.9. The number of amides is 1. The highest BCUT2D eigenvalue weighted by atomic mass is 16.5. The number of ketones is 1. The zero-order valence-corrected chi connectivity index (χ0v) is 14.5. The van der Waals surface area contributed by atoms with Crippen LogP contribution >= 0.6 is 0 Å². The minimum Gasteiger partial charge on any atom is -0.456 e. The molecule has 2 aromatic rings. The Hall–Kier alpha value is -2.95. The smallest absolute Gasteiger partial charge is 0.328 e. The largest absolute Gasteiger partial charge is 0.456 e. The fourth-order valence-electron chi connectivity index (χ4n) is 2.39. The maximum Gasteiger partial charge on any atom is 0.328 e. The van der Waals surface area contributed by atoms with Crippen LogP contribution in [0.1, 0.15) is 38.8 Å². The minimum atomic E-state index is -0.848. The van der Waals surface area contributed by atoms with E-state index in [-0.39, 0.29) is 18.3 Å². The van der Waals surface area contributed by atoms with E-state index in [1.807, 2.05) is 26.0 Å². The maximum atomic E-state index is 12.2. The molecule has 5 nitrogen and oxygen atoms in total. The summed E-state index contributed by atoms with van der Waals surface area (Å²) in [5.41, 5.74) is 2.88. The van der Waals surface area contributed by atoms with Crippen molar-refractivity contribution in [3.63, 3.8) is 0 Å². The Morgan fingerprint density at radius 1 is 1.04 bits per heavy atom. The zero-order chi connectivity index (χ0) is 18.4. The first kappa shape index (κ1) is 18.4. The molecule has 25 heavy (non-hydrogen) atoms. The van der Waals surface area contributed by atoms with Crippen molar-refractivity contribution in [3.05, 3.63) is 70.8 Å². The normalized spacial score (nSPS) is 11.5. The lowest BCUT2D eigenvalue weighted by atomic mass is 10.0. The summed E-state index contributed by atoms with van der Waals surface area (Å²) in [7, 11) is 0. The molecule has 1 amide bonds. The predicted octanol–water partition coefficient (Wildman–Crippen LogP) is 2.85. The Labute approximate surface area is 147 Å². The van der Waals surface area contributed by atoms with Crippen LogP contribution in [0.5, 0.6) is 0 Å². The first-order valence-electron chi connectivity index (χ1n) is 8.01. The molecule has 1 N–H and O–H groups in total. The van der Waals surface area contributed by atoms with Crippen molar-refractivity contribution < 1.29 is 19.1 Å². The number of Topliss-reactive ketones (excluding diaryl/α,β-unsaturated/α-hetero) is 1. The second-order valence-corrected chi connectivity index (χ2v) is 5.91. The molecule has 0 aliphatic rings. The van der Waals surface area contributed by atoms with Gasteiger partial charge in [-0.05, 0) is 38.5 Å². The zero-order valence-electron chi connectivity index (χ0n) is 14.5. The second kappa shape index (κ2) is 8.24. The molecular formula is C20H21NO4. The number of hydrogen-bond donors (Lipinski definition) is 1. The number of benzene rings is 2. The highest BCUT2D eigenvalue weighted by Gasteiger charge is 2.19. The van der Waals surface area contributed by atoms with Gasteiger partial charge in [0.15, 0.2) is 6.61 Å². The molecule has 0 aliphatic carbocycles. The molecule has 0 radical (unpaired) electrons.